The Morgan fingerprint density at radius 1 is 1.92 bits per heavy atom. The number of nitrogens with two attached hydrogens (primary N) is 1. The normalized spacial score (nSPS) is 12.8. The van der Waals surface area contributed by atoms with E-state index < -0.39 is 12.0 Å². The lowest BCUT2D eigenvalue weighted by Gasteiger charge is -2.02. The van der Waals surface area contributed by atoms with Crippen molar-refractivity contribution in [2.24, 2.45) is 12.8 Å². The molecule has 0 spiro atoms. The molecule has 0 aromatic carbocycles. The molecule has 1 heterocycles. The average molecular weight is 170 g/mol. The first-order valence-corrected chi connectivity index (χ1v) is 3.43. The first kappa shape index (κ1) is 8.66. The van der Waals surface area contributed by atoms with Crippen molar-refractivity contribution in [3.63, 3.8) is 0 Å². The van der Waals surface area contributed by atoms with Crippen LogP contribution in [0.4, 0.5) is 0 Å². The third-order valence-corrected chi connectivity index (χ3v) is 1.39. The molecule has 3 N–H and O–H groups in total. The van der Waals surface area contributed by atoms with Crippen LogP contribution in [-0.4, -0.2) is 26.1 Å². The standard InChI is InChI=1S/C6H10N4O2/c1-10-3-5(8-9-10)4(7)2-6(11)12/h3-4H,2,7H2,1H3,(H,11,12). The predicted octanol–water partition coefficient (Wildman–Crippen LogP) is -0.710. The van der Waals surface area contributed by atoms with Gasteiger partial charge in [0.05, 0.1) is 18.2 Å². The molecule has 12 heavy (non-hydrogen) atoms. The smallest absolute Gasteiger partial charge is 0.305 e. The Morgan fingerprint density at radius 3 is 3.00 bits per heavy atom. The first-order valence-electron chi connectivity index (χ1n) is 3.43. The first-order chi connectivity index (χ1) is 5.59. The van der Waals surface area contributed by atoms with Gasteiger partial charge in [-0.05, 0) is 0 Å². The van der Waals surface area contributed by atoms with E-state index in [2.05, 4.69) is 10.3 Å². The SMILES string of the molecule is Cn1cc(C(N)CC(=O)O)nn1. The molecular weight excluding hydrogens is 160 g/mol. The van der Waals surface area contributed by atoms with Gasteiger partial charge in [-0.1, -0.05) is 5.21 Å². The van der Waals surface area contributed by atoms with Crippen LogP contribution in [0.15, 0.2) is 6.20 Å². The minimum absolute atomic E-state index is 0.126. The summed E-state index contributed by atoms with van der Waals surface area (Å²) in [6.07, 6.45) is 1.48. The highest BCUT2D eigenvalue weighted by Gasteiger charge is 2.13. The van der Waals surface area contributed by atoms with Crippen LogP contribution in [0.1, 0.15) is 18.2 Å². The van der Waals surface area contributed by atoms with Gasteiger partial charge in [-0.3, -0.25) is 9.48 Å². The number of carboxylic acids is 1. The Labute approximate surface area is 69.0 Å². The van der Waals surface area contributed by atoms with Gasteiger partial charge >= 0.3 is 5.97 Å². The van der Waals surface area contributed by atoms with Gasteiger partial charge in [-0.25, -0.2) is 0 Å². The maximum Gasteiger partial charge on any atom is 0.305 e. The molecule has 1 unspecified atom stereocenters. The zero-order chi connectivity index (χ0) is 9.14. The molecule has 0 aliphatic carbocycles. The van der Waals surface area contributed by atoms with Crippen LogP contribution in [0.3, 0.4) is 0 Å². The van der Waals surface area contributed by atoms with E-state index in [9.17, 15) is 4.79 Å². The van der Waals surface area contributed by atoms with Crippen molar-refractivity contribution in [2.75, 3.05) is 0 Å². The molecule has 0 aliphatic rings. The summed E-state index contributed by atoms with van der Waals surface area (Å²) in [6.45, 7) is 0. The Bertz CT molecular complexity index is 283. The topological polar surface area (TPSA) is 94.0 Å². The lowest BCUT2D eigenvalue weighted by atomic mass is 10.2. The second-order valence-electron chi connectivity index (χ2n) is 2.52. The maximum atomic E-state index is 10.3. The minimum Gasteiger partial charge on any atom is -0.481 e. The van der Waals surface area contributed by atoms with Crippen LogP contribution in [0.5, 0.6) is 0 Å². The number of hydrogen-bond donors (Lipinski definition) is 2. The van der Waals surface area contributed by atoms with Crippen molar-refractivity contribution in [3.8, 4) is 0 Å². The number of carboxylic acid groups (broad SMARTS) is 1. The van der Waals surface area contributed by atoms with E-state index in [1.807, 2.05) is 0 Å². The van der Waals surface area contributed by atoms with Crippen molar-refractivity contribution in [2.45, 2.75) is 12.5 Å². The summed E-state index contributed by atoms with van der Waals surface area (Å²) in [4.78, 5) is 10.3. The summed E-state index contributed by atoms with van der Waals surface area (Å²) in [5, 5.41) is 15.7. The summed E-state index contributed by atoms with van der Waals surface area (Å²) in [5.74, 6) is -0.937. The number of aryl methyl sites for hydroxylation is 1. The summed E-state index contributed by atoms with van der Waals surface area (Å²) in [7, 11) is 1.70. The number of rotatable bonds is 3. The number of hydrogen-bond acceptors (Lipinski definition) is 4. The summed E-state index contributed by atoms with van der Waals surface area (Å²) >= 11 is 0. The van der Waals surface area contributed by atoms with Crippen LogP contribution in [0.25, 0.3) is 0 Å². The summed E-state index contributed by atoms with van der Waals surface area (Å²) in [6, 6.07) is -0.573. The molecule has 1 rings (SSSR count). The Morgan fingerprint density at radius 2 is 2.58 bits per heavy atom. The van der Waals surface area contributed by atoms with E-state index >= 15 is 0 Å². The molecule has 0 bridgehead atoms. The fourth-order valence-corrected chi connectivity index (χ4v) is 0.828. The van der Waals surface area contributed by atoms with Gasteiger partial charge in [-0.2, -0.15) is 0 Å². The minimum atomic E-state index is -0.937. The molecule has 1 aromatic rings. The van der Waals surface area contributed by atoms with Crippen molar-refractivity contribution >= 4 is 5.97 Å². The summed E-state index contributed by atoms with van der Waals surface area (Å²) in [5.41, 5.74) is 6.01. The molecule has 66 valence electrons. The van der Waals surface area contributed by atoms with E-state index in [0.29, 0.717) is 5.69 Å². The molecule has 0 aliphatic heterocycles. The predicted molar refractivity (Wildman–Crippen MR) is 40.2 cm³/mol. The van der Waals surface area contributed by atoms with Gasteiger partial charge < -0.3 is 10.8 Å². The summed E-state index contributed by atoms with van der Waals surface area (Å²) < 4.78 is 1.48. The number of aliphatic carboxylic acids is 1. The van der Waals surface area contributed by atoms with E-state index in [1.165, 1.54) is 4.68 Å². The van der Waals surface area contributed by atoms with Gasteiger partial charge in [-0.15, -0.1) is 5.10 Å². The van der Waals surface area contributed by atoms with Gasteiger partial charge in [0.2, 0.25) is 0 Å². The Kier molecular flexibility index (Phi) is 2.39. The molecule has 0 radical (unpaired) electrons. The van der Waals surface area contributed by atoms with Crippen LogP contribution in [0.2, 0.25) is 0 Å². The van der Waals surface area contributed by atoms with Crippen molar-refractivity contribution in [3.05, 3.63) is 11.9 Å². The second-order valence-corrected chi connectivity index (χ2v) is 2.52. The van der Waals surface area contributed by atoms with Crippen molar-refractivity contribution < 1.29 is 9.90 Å². The highest BCUT2D eigenvalue weighted by atomic mass is 16.4. The Balaban J connectivity index is 2.64. The van der Waals surface area contributed by atoms with Gasteiger partial charge in [0.25, 0.3) is 0 Å². The zero-order valence-electron chi connectivity index (χ0n) is 6.64. The highest BCUT2D eigenvalue weighted by molar-refractivity contribution is 5.67. The van der Waals surface area contributed by atoms with E-state index in [1.54, 1.807) is 13.2 Å². The molecular formula is C6H10N4O2. The number of nitrogens with zero attached hydrogens (tertiary/aromatic N) is 3. The third-order valence-electron chi connectivity index (χ3n) is 1.39. The molecule has 6 heteroatoms. The number of carbonyl (C=O) groups is 1. The Hall–Kier alpha value is -1.43. The molecule has 6 nitrogen and oxygen atoms in total. The van der Waals surface area contributed by atoms with Crippen molar-refractivity contribution in [1.82, 2.24) is 15.0 Å². The number of aromatic nitrogens is 3. The van der Waals surface area contributed by atoms with Crippen LogP contribution in [0, 0.1) is 0 Å². The molecule has 1 atom stereocenters. The van der Waals surface area contributed by atoms with E-state index in [0.717, 1.165) is 0 Å². The zero-order valence-corrected chi connectivity index (χ0v) is 6.64. The third kappa shape index (κ3) is 2.03. The monoisotopic (exact) mass is 170 g/mol. The molecule has 0 saturated carbocycles. The van der Waals surface area contributed by atoms with Gasteiger partial charge in [0.1, 0.15) is 0 Å². The van der Waals surface area contributed by atoms with Crippen LogP contribution in [-0.2, 0) is 11.8 Å². The lowest BCUT2D eigenvalue weighted by molar-refractivity contribution is -0.137. The highest BCUT2D eigenvalue weighted by Crippen LogP contribution is 2.08. The quantitative estimate of drug-likeness (QED) is 0.624. The molecule has 1 aromatic heterocycles. The molecule has 0 fully saturated rings. The fraction of sp³-hybridized carbons (Fsp3) is 0.500. The lowest BCUT2D eigenvalue weighted by Crippen LogP contribution is -2.15. The largest absolute Gasteiger partial charge is 0.481 e. The fourth-order valence-electron chi connectivity index (χ4n) is 0.828. The maximum absolute atomic E-state index is 10.3. The van der Waals surface area contributed by atoms with Crippen LogP contribution < -0.4 is 5.73 Å². The van der Waals surface area contributed by atoms with Gasteiger partial charge in [0, 0.05) is 13.2 Å². The van der Waals surface area contributed by atoms with Crippen LogP contribution >= 0.6 is 0 Å². The molecule has 0 amide bonds. The average Bonchev–Trinajstić information content (AvgIpc) is 2.34. The second kappa shape index (κ2) is 3.31. The van der Waals surface area contributed by atoms with Gasteiger partial charge in [0.15, 0.2) is 0 Å². The molecule has 0 saturated heterocycles. The van der Waals surface area contributed by atoms with E-state index in [-0.39, 0.29) is 6.42 Å². The van der Waals surface area contributed by atoms with E-state index in [4.69, 9.17) is 10.8 Å². The van der Waals surface area contributed by atoms with Crippen molar-refractivity contribution in [1.29, 1.82) is 0 Å².